The molecule has 20 heavy (non-hydrogen) atoms. The van der Waals surface area contributed by atoms with E-state index in [1.54, 1.807) is 12.3 Å². The average Bonchev–Trinajstić information content (AvgIpc) is 3.15. The molecule has 0 aliphatic heterocycles. The van der Waals surface area contributed by atoms with E-state index in [0.29, 0.717) is 11.6 Å². The summed E-state index contributed by atoms with van der Waals surface area (Å²) in [6.45, 7) is 0. The molecule has 2 heterocycles. The molecule has 1 fully saturated rings. The first-order valence-corrected chi connectivity index (χ1v) is 7.93. The van der Waals surface area contributed by atoms with Gasteiger partial charge in [-0.15, -0.1) is 0 Å². The van der Waals surface area contributed by atoms with Gasteiger partial charge in [0.2, 0.25) is 0 Å². The van der Waals surface area contributed by atoms with Crippen molar-refractivity contribution in [2.45, 2.75) is 43.1 Å². The fourth-order valence-electron chi connectivity index (χ4n) is 2.44. The summed E-state index contributed by atoms with van der Waals surface area (Å²) in [5.74, 6) is 2.00. The molecule has 6 heteroatoms. The van der Waals surface area contributed by atoms with Gasteiger partial charge in [-0.3, -0.25) is 0 Å². The number of nitrogens with zero attached hydrogens (tertiary/aromatic N) is 3. The van der Waals surface area contributed by atoms with Crippen LogP contribution in [0.25, 0.3) is 11.5 Å². The van der Waals surface area contributed by atoms with Gasteiger partial charge in [0, 0.05) is 11.4 Å². The van der Waals surface area contributed by atoms with Crippen LogP contribution in [0.3, 0.4) is 0 Å². The number of rotatable bonds is 4. The Morgan fingerprint density at radius 2 is 2.25 bits per heavy atom. The number of hydrogen-bond acceptors (Lipinski definition) is 5. The molecule has 3 rings (SSSR count). The second kappa shape index (κ2) is 6.14. The molecule has 0 unspecified atom stereocenters. The summed E-state index contributed by atoms with van der Waals surface area (Å²) in [5.41, 5.74) is 1.26. The van der Waals surface area contributed by atoms with Crippen molar-refractivity contribution in [2.75, 3.05) is 0 Å². The van der Waals surface area contributed by atoms with Crippen LogP contribution in [0.15, 0.2) is 16.8 Å². The highest BCUT2D eigenvalue weighted by atomic mass is 32.2. The van der Waals surface area contributed by atoms with Gasteiger partial charge in [0.25, 0.3) is 5.89 Å². The minimum absolute atomic E-state index is 0.474. The third kappa shape index (κ3) is 3.05. The maximum atomic E-state index is 8.78. The Hall–Kier alpha value is -1.74. The molecule has 1 aliphatic carbocycles. The van der Waals surface area contributed by atoms with Crippen molar-refractivity contribution in [2.24, 2.45) is 0 Å². The van der Waals surface area contributed by atoms with Crippen molar-refractivity contribution in [1.29, 1.82) is 5.26 Å². The van der Waals surface area contributed by atoms with Gasteiger partial charge in [-0.05, 0) is 18.9 Å². The van der Waals surface area contributed by atoms with Crippen LogP contribution >= 0.6 is 11.8 Å². The first-order valence-electron chi connectivity index (χ1n) is 6.88. The Morgan fingerprint density at radius 1 is 1.40 bits per heavy atom. The summed E-state index contributed by atoms with van der Waals surface area (Å²) in [6.07, 6.45) is 8.38. The third-order valence-corrected chi connectivity index (χ3v) is 4.89. The van der Waals surface area contributed by atoms with Gasteiger partial charge in [-0.1, -0.05) is 24.4 Å². The lowest BCUT2D eigenvalue weighted by atomic mass is 10.0. The van der Waals surface area contributed by atoms with E-state index in [1.165, 1.54) is 32.1 Å². The number of thioether (sulfide) groups is 1. The van der Waals surface area contributed by atoms with Crippen LogP contribution in [0.5, 0.6) is 0 Å². The highest BCUT2D eigenvalue weighted by Crippen LogP contribution is 2.30. The molecule has 1 aliphatic rings. The number of nitriles is 1. The molecule has 1 saturated carbocycles. The number of H-pyrrole nitrogens is 1. The van der Waals surface area contributed by atoms with Gasteiger partial charge in [-0.2, -0.15) is 22.0 Å². The van der Waals surface area contributed by atoms with E-state index < -0.39 is 0 Å². The standard InChI is InChI=1S/C14H16N4OS/c15-7-11-6-10(8-16-11)14-17-13(18-19-14)9-20-12-4-2-1-3-5-12/h6,8,12,16H,1-5,9H2. The quantitative estimate of drug-likeness (QED) is 0.931. The average molecular weight is 288 g/mol. The Morgan fingerprint density at radius 3 is 3.00 bits per heavy atom. The van der Waals surface area contributed by atoms with Crippen LogP contribution in [0.2, 0.25) is 0 Å². The molecule has 0 amide bonds. The lowest BCUT2D eigenvalue weighted by Gasteiger charge is -2.19. The zero-order chi connectivity index (χ0) is 13.8. The minimum Gasteiger partial charge on any atom is -0.352 e. The Bertz CT molecular complexity index is 607. The maximum absolute atomic E-state index is 8.78. The number of aromatic nitrogens is 3. The van der Waals surface area contributed by atoms with E-state index >= 15 is 0 Å². The van der Waals surface area contributed by atoms with Gasteiger partial charge in [-0.25, -0.2) is 0 Å². The zero-order valence-corrected chi connectivity index (χ0v) is 11.9. The molecular formula is C14H16N4OS. The predicted octanol–water partition coefficient (Wildman–Crippen LogP) is 3.50. The van der Waals surface area contributed by atoms with E-state index in [9.17, 15) is 0 Å². The molecule has 0 bridgehead atoms. The van der Waals surface area contributed by atoms with Crippen LogP contribution < -0.4 is 0 Å². The molecule has 0 radical (unpaired) electrons. The highest BCUT2D eigenvalue weighted by molar-refractivity contribution is 7.99. The highest BCUT2D eigenvalue weighted by Gasteiger charge is 2.16. The van der Waals surface area contributed by atoms with Crippen LogP contribution in [-0.2, 0) is 5.75 Å². The summed E-state index contributed by atoms with van der Waals surface area (Å²) in [6, 6.07) is 3.76. The van der Waals surface area contributed by atoms with Crippen LogP contribution in [0.4, 0.5) is 0 Å². The summed E-state index contributed by atoms with van der Waals surface area (Å²) in [5, 5.41) is 13.5. The minimum atomic E-state index is 0.474. The lowest BCUT2D eigenvalue weighted by Crippen LogP contribution is -2.08. The number of hydrogen-bond donors (Lipinski definition) is 1. The topological polar surface area (TPSA) is 78.5 Å². The maximum Gasteiger partial charge on any atom is 0.259 e. The Labute approximate surface area is 121 Å². The van der Waals surface area contributed by atoms with Crippen LogP contribution in [0.1, 0.15) is 43.6 Å². The molecule has 0 atom stereocenters. The third-order valence-electron chi connectivity index (χ3n) is 3.52. The van der Waals surface area contributed by atoms with E-state index in [0.717, 1.165) is 22.4 Å². The monoisotopic (exact) mass is 288 g/mol. The smallest absolute Gasteiger partial charge is 0.259 e. The Kier molecular flexibility index (Phi) is 4.07. The molecule has 5 nitrogen and oxygen atoms in total. The molecule has 0 spiro atoms. The van der Waals surface area contributed by atoms with Crippen molar-refractivity contribution in [1.82, 2.24) is 15.1 Å². The normalized spacial score (nSPS) is 16.1. The van der Waals surface area contributed by atoms with Gasteiger partial charge >= 0.3 is 0 Å². The summed E-state index contributed by atoms with van der Waals surface area (Å²) in [7, 11) is 0. The summed E-state index contributed by atoms with van der Waals surface area (Å²) < 4.78 is 5.24. The molecular weight excluding hydrogens is 272 g/mol. The van der Waals surface area contributed by atoms with Gasteiger partial charge in [0.1, 0.15) is 11.8 Å². The zero-order valence-electron chi connectivity index (χ0n) is 11.1. The van der Waals surface area contributed by atoms with Crippen molar-refractivity contribution >= 4 is 11.8 Å². The Balaban J connectivity index is 1.60. The van der Waals surface area contributed by atoms with Gasteiger partial charge in [0.15, 0.2) is 5.82 Å². The molecule has 1 N–H and O–H groups in total. The first kappa shape index (κ1) is 13.3. The predicted molar refractivity (Wildman–Crippen MR) is 77.0 cm³/mol. The van der Waals surface area contributed by atoms with Gasteiger partial charge < -0.3 is 9.51 Å². The van der Waals surface area contributed by atoms with Crippen LogP contribution in [0, 0.1) is 11.3 Å². The van der Waals surface area contributed by atoms with E-state index in [2.05, 4.69) is 15.1 Å². The lowest BCUT2D eigenvalue weighted by molar-refractivity contribution is 0.425. The van der Waals surface area contributed by atoms with E-state index in [4.69, 9.17) is 9.78 Å². The molecule has 104 valence electrons. The fourth-order valence-corrected chi connectivity index (χ4v) is 3.61. The fraction of sp³-hybridized carbons (Fsp3) is 0.500. The molecule has 2 aromatic heterocycles. The molecule has 2 aromatic rings. The van der Waals surface area contributed by atoms with Crippen molar-refractivity contribution in [3.05, 3.63) is 23.8 Å². The number of nitrogens with one attached hydrogen (secondary N) is 1. The molecule has 0 aromatic carbocycles. The van der Waals surface area contributed by atoms with Gasteiger partial charge in [0.05, 0.1) is 11.3 Å². The van der Waals surface area contributed by atoms with E-state index in [-0.39, 0.29) is 0 Å². The van der Waals surface area contributed by atoms with Crippen molar-refractivity contribution in [3.8, 4) is 17.5 Å². The van der Waals surface area contributed by atoms with Crippen molar-refractivity contribution < 1.29 is 4.52 Å². The number of aromatic amines is 1. The SMILES string of the molecule is N#Cc1cc(-c2nc(CSC3CCCCC3)no2)c[nH]1. The summed E-state index contributed by atoms with van der Waals surface area (Å²) in [4.78, 5) is 7.24. The van der Waals surface area contributed by atoms with E-state index in [1.807, 2.05) is 17.8 Å². The van der Waals surface area contributed by atoms with Crippen molar-refractivity contribution in [3.63, 3.8) is 0 Å². The largest absolute Gasteiger partial charge is 0.352 e. The second-order valence-corrected chi connectivity index (χ2v) is 6.29. The molecule has 0 saturated heterocycles. The van der Waals surface area contributed by atoms with Crippen LogP contribution in [-0.4, -0.2) is 20.4 Å². The second-order valence-electron chi connectivity index (χ2n) is 5.00. The first-order chi connectivity index (χ1) is 9.85. The summed E-state index contributed by atoms with van der Waals surface area (Å²) >= 11 is 1.92.